The first-order valence-corrected chi connectivity index (χ1v) is 6.07. The van der Waals surface area contributed by atoms with Crippen LogP contribution in [0.3, 0.4) is 0 Å². The summed E-state index contributed by atoms with van der Waals surface area (Å²) in [4.78, 5) is 4.13. The Morgan fingerprint density at radius 3 is 2.79 bits per heavy atom. The Balaban J connectivity index is 2.35. The van der Waals surface area contributed by atoms with Gasteiger partial charge in [0.2, 0.25) is 5.88 Å². The molecule has 0 aliphatic carbocycles. The molecule has 0 atom stereocenters. The molecule has 0 radical (unpaired) electrons. The van der Waals surface area contributed by atoms with E-state index >= 15 is 0 Å². The van der Waals surface area contributed by atoms with E-state index in [4.69, 9.17) is 26.3 Å². The SMILES string of the molecule is COc1cc(C#N)cc(Oc2ncccc2CCl)c1. The first kappa shape index (κ1) is 13.2. The van der Waals surface area contributed by atoms with Crippen LogP contribution in [0, 0.1) is 11.3 Å². The van der Waals surface area contributed by atoms with Crippen LogP contribution in [0.1, 0.15) is 11.1 Å². The Kier molecular flexibility index (Phi) is 4.22. The van der Waals surface area contributed by atoms with Crippen LogP contribution in [0.5, 0.6) is 17.4 Å². The molecule has 0 aliphatic rings. The summed E-state index contributed by atoms with van der Waals surface area (Å²) in [5.41, 5.74) is 1.24. The van der Waals surface area contributed by atoms with Gasteiger partial charge in [-0.2, -0.15) is 5.26 Å². The van der Waals surface area contributed by atoms with Gasteiger partial charge in [-0.15, -0.1) is 11.6 Å². The molecule has 2 rings (SSSR count). The van der Waals surface area contributed by atoms with E-state index in [0.29, 0.717) is 28.8 Å². The molecule has 1 heterocycles. The van der Waals surface area contributed by atoms with Gasteiger partial charge >= 0.3 is 0 Å². The highest BCUT2D eigenvalue weighted by atomic mass is 35.5. The maximum absolute atomic E-state index is 8.95. The summed E-state index contributed by atoms with van der Waals surface area (Å²) in [6.07, 6.45) is 1.62. The molecule has 1 aromatic heterocycles. The lowest BCUT2D eigenvalue weighted by molar-refractivity contribution is 0.406. The largest absolute Gasteiger partial charge is 0.497 e. The van der Waals surface area contributed by atoms with Gasteiger partial charge < -0.3 is 9.47 Å². The molecule has 0 amide bonds. The van der Waals surface area contributed by atoms with Crippen LogP contribution < -0.4 is 9.47 Å². The molecule has 0 unspecified atom stereocenters. The van der Waals surface area contributed by atoms with Crippen molar-refractivity contribution in [3.05, 3.63) is 47.7 Å². The molecule has 0 bridgehead atoms. The Morgan fingerprint density at radius 1 is 1.32 bits per heavy atom. The topological polar surface area (TPSA) is 55.1 Å². The summed E-state index contributed by atoms with van der Waals surface area (Å²) in [5.74, 6) is 1.77. The Bertz CT molecular complexity index is 623. The van der Waals surface area contributed by atoms with Crippen molar-refractivity contribution in [2.24, 2.45) is 0 Å². The Labute approximate surface area is 116 Å². The lowest BCUT2D eigenvalue weighted by Gasteiger charge is -2.09. The van der Waals surface area contributed by atoms with Gasteiger partial charge in [0.15, 0.2) is 0 Å². The normalized spacial score (nSPS) is 9.74. The van der Waals surface area contributed by atoms with Crippen molar-refractivity contribution in [3.8, 4) is 23.4 Å². The van der Waals surface area contributed by atoms with Gasteiger partial charge in [0.25, 0.3) is 0 Å². The number of hydrogen-bond acceptors (Lipinski definition) is 4. The van der Waals surface area contributed by atoms with E-state index in [1.165, 1.54) is 7.11 Å². The first-order chi connectivity index (χ1) is 9.26. The maximum atomic E-state index is 8.95. The number of nitrogens with zero attached hydrogens (tertiary/aromatic N) is 2. The van der Waals surface area contributed by atoms with E-state index in [-0.39, 0.29) is 0 Å². The number of ether oxygens (including phenoxy) is 2. The number of pyridine rings is 1. The van der Waals surface area contributed by atoms with E-state index in [1.54, 1.807) is 30.5 Å². The third-order valence-electron chi connectivity index (χ3n) is 2.45. The summed E-state index contributed by atoms with van der Waals surface area (Å²) >= 11 is 5.82. The van der Waals surface area contributed by atoms with Crippen molar-refractivity contribution in [1.29, 1.82) is 5.26 Å². The van der Waals surface area contributed by atoms with E-state index in [1.807, 2.05) is 12.1 Å². The molecular formula is C14H11ClN2O2. The molecule has 0 fully saturated rings. The molecule has 0 N–H and O–H groups in total. The Morgan fingerprint density at radius 2 is 2.11 bits per heavy atom. The third-order valence-corrected chi connectivity index (χ3v) is 2.74. The monoisotopic (exact) mass is 274 g/mol. The minimum atomic E-state index is 0.304. The molecule has 0 aliphatic heterocycles. The highest BCUT2D eigenvalue weighted by molar-refractivity contribution is 6.17. The van der Waals surface area contributed by atoms with Crippen LogP contribution in [-0.2, 0) is 5.88 Å². The number of hydrogen-bond donors (Lipinski definition) is 0. The second kappa shape index (κ2) is 6.07. The van der Waals surface area contributed by atoms with Crippen molar-refractivity contribution in [3.63, 3.8) is 0 Å². The fraction of sp³-hybridized carbons (Fsp3) is 0.143. The molecule has 2 aromatic rings. The van der Waals surface area contributed by atoms with Crippen LogP contribution in [0.25, 0.3) is 0 Å². The van der Waals surface area contributed by atoms with Crippen LogP contribution in [0.15, 0.2) is 36.5 Å². The third kappa shape index (κ3) is 3.15. The van der Waals surface area contributed by atoms with Crippen molar-refractivity contribution >= 4 is 11.6 Å². The molecule has 0 spiro atoms. The standard InChI is InChI=1S/C14H11ClN2O2/c1-18-12-5-10(9-16)6-13(7-12)19-14-11(8-15)3-2-4-17-14/h2-7H,8H2,1H3. The number of rotatable bonds is 4. The van der Waals surface area contributed by atoms with E-state index in [9.17, 15) is 0 Å². The summed E-state index contributed by atoms with van der Waals surface area (Å²) < 4.78 is 10.8. The second-order valence-electron chi connectivity index (χ2n) is 3.71. The number of alkyl halides is 1. The highest BCUT2D eigenvalue weighted by Crippen LogP contribution is 2.28. The van der Waals surface area contributed by atoms with Gasteiger partial charge in [-0.3, -0.25) is 0 Å². The van der Waals surface area contributed by atoms with Crippen molar-refractivity contribution < 1.29 is 9.47 Å². The predicted molar refractivity (Wildman–Crippen MR) is 71.6 cm³/mol. The number of methoxy groups -OCH3 is 1. The lowest BCUT2D eigenvalue weighted by atomic mass is 10.2. The van der Waals surface area contributed by atoms with Crippen LogP contribution in [0.4, 0.5) is 0 Å². The average molecular weight is 275 g/mol. The van der Waals surface area contributed by atoms with Gasteiger partial charge in [-0.1, -0.05) is 6.07 Å². The van der Waals surface area contributed by atoms with Gasteiger partial charge in [0.1, 0.15) is 11.5 Å². The first-order valence-electron chi connectivity index (χ1n) is 5.53. The molecule has 19 heavy (non-hydrogen) atoms. The summed E-state index contributed by atoms with van der Waals surface area (Å²) in [7, 11) is 1.53. The number of aromatic nitrogens is 1. The van der Waals surface area contributed by atoms with E-state index < -0.39 is 0 Å². The highest BCUT2D eigenvalue weighted by Gasteiger charge is 2.07. The van der Waals surface area contributed by atoms with Crippen LogP contribution >= 0.6 is 11.6 Å². The van der Waals surface area contributed by atoms with Crippen molar-refractivity contribution in [2.45, 2.75) is 5.88 Å². The van der Waals surface area contributed by atoms with Crippen LogP contribution in [0.2, 0.25) is 0 Å². The summed E-state index contributed by atoms with van der Waals surface area (Å²) in [6, 6.07) is 10.6. The number of halogens is 1. The second-order valence-corrected chi connectivity index (χ2v) is 3.98. The zero-order chi connectivity index (χ0) is 13.7. The molecule has 4 nitrogen and oxygen atoms in total. The zero-order valence-electron chi connectivity index (χ0n) is 10.3. The molecular weight excluding hydrogens is 264 g/mol. The van der Waals surface area contributed by atoms with Crippen molar-refractivity contribution in [2.75, 3.05) is 7.11 Å². The number of nitriles is 1. The fourth-order valence-electron chi connectivity index (χ4n) is 1.54. The molecule has 0 saturated carbocycles. The fourth-order valence-corrected chi connectivity index (χ4v) is 1.75. The smallest absolute Gasteiger partial charge is 0.223 e. The zero-order valence-corrected chi connectivity index (χ0v) is 11.0. The minimum Gasteiger partial charge on any atom is -0.497 e. The summed E-state index contributed by atoms with van der Waals surface area (Å²) in [6.45, 7) is 0. The predicted octanol–water partition coefficient (Wildman–Crippen LogP) is 3.49. The molecule has 1 aromatic carbocycles. The minimum absolute atomic E-state index is 0.304. The van der Waals surface area contributed by atoms with Gasteiger partial charge in [0.05, 0.1) is 24.6 Å². The lowest BCUT2D eigenvalue weighted by Crippen LogP contribution is -1.94. The van der Waals surface area contributed by atoms with E-state index in [2.05, 4.69) is 4.98 Å². The maximum Gasteiger partial charge on any atom is 0.223 e. The molecule has 96 valence electrons. The Hall–Kier alpha value is -2.25. The van der Waals surface area contributed by atoms with Gasteiger partial charge in [-0.05, 0) is 18.2 Å². The summed E-state index contributed by atoms with van der Waals surface area (Å²) in [5, 5.41) is 8.95. The molecule has 5 heteroatoms. The van der Waals surface area contributed by atoms with E-state index in [0.717, 1.165) is 5.56 Å². The van der Waals surface area contributed by atoms with Gasteiger partial charge in [-0.25, -0.2) is 4.98 Å². The quantitative estimate of drug-likeness (QED) is 0.801. The molecule has 0 saturated heterocycles. The van der Waals surface area contributed by atoms with Gasteiger partial charge in [0, 0.05) is 17.8 Å². The van der Waals surface area contributed by atoms with Crippen LogP contribution in [-0.4, -0.2) is 12.1 Å². The average Bonchev–Trinajstić information content (AvgIpc) is 2.47. The number of benzene rings is 1. The van der Waals surface area contributed by atoms with Crippen molar-refractivity contribution in [1.82, 2.24) is 4.98 Å².